The summed E-state index contributed by atoms with van der Waals surface area (Å²) in [6.07, 6.45) is 1.71. The summed E-state index contributed by atoms with van der Waals surface area (Å²) >= 11 is 7.01. The minimum atomic E-state index is -3.57. The number of halogens is 1. The predicted octanol–water partition coefficient (Wildman–Crippen LogP) is 2.70. The van der Waals surface area contributed by atoms with Crippen LogP contribution in [0.3, 0.4) is 0 Å². The van der Waals surface area contributed by atoms with Crippen molar-refractivity contribution in [1.29, 1.82) is 0 Å². The Morgan fingerprint density at radius 1 is 1.26 bits per heavy atom. The highest BCUT2D eigenvalue weighted by Crippen LogP contribution is 2.17. The number of rotatable bonds is 7. The molecular weight excluding hydrogens is 358 g/mol. The van der Waals surface area contributed by atoms with Gasteiger partial charge in [-0.3, -0.25) is 10.1 Å². The van der Waals surface area contributed by atoms with E-state index < -0.39 is 21.5 Å². The predicted molar refractivity (Wildman–Crippen MR) is 91.5 cm³/mol. The summed E-state index contributed by atoms with van der Waals surface area (Å²) in [6, 6.07) is 6.48. The third-order valence-corrected chi connectivity index (χ3v) is 5.45. The zero-order valence-corrected chi connectivity index (χ0v) is 14.8. The molecule has 1 aromatic carbocycles. The van der Waals surface area contributed by atoms with Crippen LogP contribution in [0.2, 0.25) is 5.02 Å². The molecule has 124 valence electrons. The standard InChI is InChI=1S/C14H16ClN3O3S2/c1-2-3-13-17-18-14(22-13)16-12(19)9-23(20,21)8-10-4-6-11(15)7-5-10/h4-7H,2-3,8-9H2,1H3,(H,16,18,19). The normalized spacial score (nSPS) is 11.4. The summed E-state index contributed by atoms with van der Waals surface area (Å²) in [4.78, 5) is 11.9. The Morgan fingerprint density at radius 3 is 2.61 bits per heavy atom. The van der Waals surface area contributed by atoms with E-state index in [1.54, 1.807) is 24.3 Å². The van der Waals surface area contributed by atoms with E-state index >= 15 is 0 Å². The van der Waals surface area contributed by atoms with E-state index in [0.29, 0.717) is 15.7 Å². The fourth-order valence-corrected chi connectivity index (χ4v) is 4.12. The van der Waals surface area contributed by atoms with Gasteiger partial charge in [0.25, 0.3) is 0 Å². The van der Waals surface area contributed by atoms with Crippen molar-refractivity contribution in [2.45, 2.75) is 25.5 Å². The third-order valence-electron chi connectivity index (χ3n) is 2.83. The number of anilines is 1. The number of carbonyl (C=O) groups excluding carboxylic acids is 1. The zero-order valence-electron chi connectivity index (χ0n) is 12.5. The van der Waals surface area contributed by atoms with Crippen LogP contribution in [0, 0.1) is 0 Å². The van der Waals surface area contributed by atoms with Gasteiger partial charge in [-0.1, -0.05) is 42.0 Å². The van der Waals surface area contributed by atoms with E-state index in [4.69, 9.17) is 11.6 Å². The number of carbonyl (C=O) groups is 1. The molecule has 0 aliphatic carbocycles. The second kappa shape index (κ2) is 7.85. The Balaban J connectivity index is 1.93. The Bertz CT molecular complexity index is 773. The molecule has 0 saturated heterocycles. The molecule has 1 heterocycles. The molecule has 0 aliphatic rings. The van der Waals surface area contributed by atoms with Crippen LogP contribution in [0.1, 0.15) is 23.9 Å². The van der Waals surface area contributed by atoms with Crippen LogP contribution in [0.5, 0.6) is 0 Å². The van der Waals surface area contributed by atoms with Gasteiger partial charge in [0.2, 0.25) is 11.0 Å². The van der Waals surface area contributed by atoms with Crippen LogP contribution in [-0.2, 0) is 26.8 Å². The highest BCUT2D eigenvalue weighted by atomic mass is 35.5. The molecule has 0 saturated carbocycles. The number of hydrogen-bond acceptors (Lipinski definition) is 6. The number of aromatic nitrogens is 2. The van der Waals surface area contributed by atoms with Crippen LogP contribution >= 0.6 is 22.9 Å². The molecule has 1 N–H and O–H groups in total. The number of hydrogen-bond donors (Lipinski definition) is 1. The van der Waals surface area contributed by atoms with Gasteiger partial charge in [-0.15, -0.1) is 10.2 Å². The lowest BCUT2D eigenvalue weighted by Crippen LogP contribution is -2.23. The molecule has 0 radical (unpaired) electrons. The first-order valence-corrected chi connectivity index (χ1v) is 9.96. The second-order valence-corrected chi connectivity index (χ2v) is 8.52. The SMILES string of the molecule is CCCc1nnc(NC(=O)CS(=O)(=O)Cc2ccc(Cl)cc2)s1. The average molecular weight is 374 g/mol. The molecule has 23 heavy (non-hydrogen) atoms. The summed E-state index contributed by atoms with van der Waals surface area (Å²) in [5, 5.41) is 11.9. The number of benzene rings is 1. The third kappa shape index (κ3) is 5.89. The molecule has 2 aromatic rings. The first-order valence-electron chi connectivity index (χ1n) is 6.95. The molecule has 2 rings (SSSR count). The van der Waals surface area contributed by atoms with Crippen molar-refractivity contribution >= 4 is 43.8 Å². The summed E-state index contributed by atoms with van der Waals surface area (Å²) < 4.78 is 24.1. The van der Waals surface area contributed by atoms with Gasteiger partial charge in [0, 0.05) is 11.4 Å². The molecule has 0 bridgehead atoms. The lowest BCUT2D eigenvalue weighted by atomic mass is 10.2. The molecule has 0 spiro atoms. The van der Waals surface area contributed by atoms with E-state index in [-0.39, 0.29) is 5.75 Å². The quantitative estimate of drug-likeness (QED) is 0.805. The highest BCUT2D eigenvalue weighted by Gasteiger charge is 2.18. The van der Waals surface area contributed by atoms with Gasteiger partial charge in [0.15, 0.2) is 9.84 Å². The summed E-state index contributed by atoms with van der Waals surface area (Å²) in [5.41, 5.74) is 0.586. The number of nitrogens with one attached hydrogen (secondary N) is 1. The van der Waals surface area contributed by atoms with Crippen molar-refractivity contribution in [1.82, 2.24) is 10.2 Å². The van der Waals surface area contributed by atoms with Crippen molar-refractivity contribution in [3.8, 4) is 0 Å². The first-order chi connectivity index (χ1) is 10.9. The van der Waals surface area contributed by atoms with Crippen LogP contribution in [0.25, 0.3) is 0 Å². The molecule has 0 atom stereocenters. The number of amides is 1. The summed E-state index contributed by atoms with van der Waals surface area (Å²) in [5.74, 6) is -1.43. The molecule has 0 fully saturated rings. The lowest BCUT2D eigenvalue weighted by molar-refractivity contribution is -0.113. The summed E-state index contributed by atoms with van der Waals surface area (Å²) in [7, 11) is -3.57. The molecular formula is C14H16ClN3O3S2. The van der Waals surface area contributed by atoms with Gasteiger partial charge in [-0.05, 0) is 24.1 Å². The van der Waals surface area contributed by atoms with Gasteiger partial charge in [0.05, 0.1) is 5.75 Å². The van der Waals surface area contributed by atoms with Gasteiger partial charge in [-0.2, -0.15) is 0 Å². The van der Waals surface area contributed by atoms with Crippen molar-refractivity contribution in [3.05, 3.63) is 39.9 Å². The Hall–Kier alpha value is -1.51. The minimum absolute atomic E-state index is 0.213. The van der Waals surface area contributed by atoms with Gasteiger partial charge in [0.1, 0.15) is 10.8 Å². The van der Waals surface area contributed by atoms with Crippen LogP contribution in [0.4, 0.5) is 5.13 Å². The Kier molecular flexibility index (Phi) is 6.09. The number of aryl methyl sites for hydroxylation is 1. The molecule has 6 nitrogen and oxygen atoms in total. The molecule has 0 unspecified atom stereocenters. The maximum Gasteiger partial charge on any atom is 0.241 e. The van der Waals surface area contributed by atoms with E-state index in [9.17, 15) is 13.2 Å². The average Bonchev–Trinajstić information content (AvgIpc) is 2.88. The fraction of sp³-hybridized carbons (Fsp3) is 0.357. The van der Waals surface area contributed by atoms with E-state index in [0.717, 1.165) is 17.8 Å². The maximum absolute atomic E-state index is 12.1. The molecule has 1 aromatic heterocycles. The maximum atomic E-state index is 12.1. The minimum Gasteiger partial charge on any atom is -0.300 e. The fourth-order valence-electron chi connectivity index (χ4n) is 1.86. The van der Waals surface area contributed by atoms with Gasteiger partial charge in [-0.25, -0.2) is 8.42 Å². The van der Waals surface area contributed by atoms with E-state index in [1.807, 2.05) is 6.92 Å². The van der Waals surface area contributed by atoms with Crippen molar-refractivity contribution < 1.29 is 13.2 Å². The topological polar surface area (TPSA) is 89.0 Å². The number of sulfone groups is 1. The van der Waals surface area contributed by atoms with Crippen molar-refractivity contribution in [3.63, 3.8) is 0 Å². The first kappa shape index (κ1) is 17.8. The summed E-state index contributed by atoms with van der Waals surface area (Å²) in [6.45, 7) is 2.02. The van der Waals surface area contributed by atoms with E-state index in [2.05, 4.69) is 15.5 Å². The Morgan fingerprint density at radius 2 is 1.96 bits per heavy atom. The molecule has 1 amide bonds. The van der Waals surface area contributed by atoms with Gasteiger partial charge < -0.3 is 0 Å². The monoisotopic (exact) mass is 373 g/mol. The van der Waals surface area contributed by atoms with Crippen LogP contribution in [0.15, 0.2) is 24.3 Å². The van der Waals surface area contributed by atoms with Crippen LogP contribution < -0.4 is 5.32 Å². The Labute approximate surface area is 143 Å². The van der Waals surface area contributed by atoms with Gasteiger partial charge >= 0.3 is 0 Å². The van der Waals surface area contributed by atoms with Crippen molar-refractivity contribution in [2.24, 2.45) is 0 Å². The van der Waals surface area contributed by atoms with E-state index in [1.165, 1.54) is 11.3 Å². The molecule has 0 aliphatic heterocycles. The largest absolute Gasteiger partial charge is 0.300 e. The molecule has 9 heteroatoms. The van der Waals surface area contributed by atoms with Crippen LogP contribution in [-0.4, -0.2) is 30.3 Å². The number of nitrogens with zero attached hydrogens (tertiary/aromatic N) is 2. The highest BCUT2D eigenvalue weighted by molar-refractivity contribution is 7.91. The second-order valence-electron chi connectivity index (χ2n) is 4.96. The smallest absolute Gasteiger partial charge is 0.241 e. The van der Waals surface area contributed by atoms with Crippen molar-refractivity contribution in [2.75, 3.05) is 11.1 Å². The zero-order chi connectivity index (χ0) is 16.9. The lowest BCUT2D eigenvalue weighted by Gasteiger charge is -2.04.